The van der Waals surface area contributed by atoms with Gasteiger partial charge in [0, 0.05) is 46.3 Å². The first-order chi connectivity index (χ1) is 12.1. The second-order valence-corrected chi connectivity index (χ2v) is 8.45. The van der Waals surface area contributed by atoms with Gasteiger partial charge in [0.15, 0.2) is 0 Å². The standard InChI is InChI=1S/C16H24N4O4Si/c1-22-25(23-2,24-3)12-6-10-18-16(21)13-20-11-8-15(19-20)14-7-4-5-9-17-14/h4-5,7-9,11H,6,10,12-13H2,1-3H3,(H,18,21). The minimum Gasteiger partial charge on any atom is -0.377 e. The Kier molecular flexibility index (Phi) is 7.26. The molecule has 9 heteroatoms. The summed E-state index contributed by atoms with van der Waals surface area (Å²) < 4.78 is 17.6. The zero-order valence-electron chi connectivity index (χ0n) is 14.8. The molecule has 2 rings (SSSR count). The molecular weight excluding hydrogens is 340 g/mol. The molecule has 0 fully saturated rings. The van der Waals surface area contributed by atoms with Gasteiger partial charge in [-0.1, -0.05) is 6.07 Å². The highest BCUT2D eigenvalue weighted by atomic mass is 28.4. The maximum atomic E-state index is 12.0. The van der Waals surface area contributed by atoms with Gasteiger partial charge >= 0.3 is 8.80 Å². The zero-order chi connectivity index (χ0) is 18.1. The van der Waals surface area contributed by atoms with Gasteiger partial charge < -0.3 is 18.6 Å². The Labute approximate surface area is 148 Å². The van der Waals surface area contributed by atoms with Crippen LogP contribution in [0.2, 0.25) is 6.04 Å². The molecular formula is C16H24N4O4Si. The van der Waals surface area contributed by atoms with Crippen molar-refractivity contribution in [2.75, 3.05) is 27.9 Å². The van der Waals surface area contributed by atoms with Crippen molar-refractivity contribution < 1.29 is 18.1 Å². The number of hydrogen-bond acceptors (Lipinski definition) is 6. The summed E-state index contributed by atoms with van der Waals surface area (Å²) >= 11 is 0. The normalized spacial score (nSPS) is 11.5. The van der Waals surface area contributed by atoms with Gasteiger partial charge in [0.25, 0.3) is 0 Å². The van der Waals surface area contributed by atoms with Crippen LogP contribution in [0.15, 0.2) is 36.7 Å². The number of hydrogen-bond donors (Lipinski definition) is 1. The molecule has 0 bridgehead atoms. The molecule has 2 aromatic heterocycles. The Morgan fingerprint density at radius 3 is 2.56 bits per heavy atom. The molecule has 0 spiro atoms. The van der Waals surface area contributed by atoms with Gasteiger partial charge in [0.05, 0.1) is 5.69 Å². The minimum atomic E-state index is -2.57. The lowest BCUT2D eigenvalue weighted by Gasteiger charge is -2.24. The van der Waals surface area contributed by atoms with E-state index in [2.05, 4.69) is 15.4 Å². The number of nitrogens with zero attached hydrogens (tertiary/aromatic N) is 3. The molecule has 0 aliphatic carbocycles. The van der Waals surface area contributed by atoms with E-state index >= 15 is 0 Å². The van der Waals surface area contributed by atoms with E-state index in [1.54, 1.807) is 38.4 Å². The average Bonchev–Trinajstić information content (AvgIpc) is 3.12. The van der Waals surface area contributed by atoms with Gasteiger partial charge in [-0.3, -0.25) is 14.5 Å². The first-order valence-corrected chi connectivity index (χ1v) is 9.92. The summed E-state index contributed by atoms with van der Waals surface area (Å²) in [5, 5.41) is 7.23. The quantitative estimate of drug-likeness (QED) is 0.505. The Balaban J connectivity index is 1.77. The van der Waals surface area contributed by atoms with Crippen molar-refractivity contribution in [1.29, 1.82) is 0 Å². The van der Waals surface area contributed by atoms with E-state index in [-0.39, 0.29) is 12.5 Å². The van der Waals surface area contributed by atoms with Gasteiger partial charge in [-0.25, -0.2) is 0 Å². The van der Waals surface area contributed by atoms with Gasteiger partial charge in [0.2, 0.25) is 5.91 Å². The van der Waals surface area contributed by atoms with Crippen molar-refractivity contribution >= 4 is 14.7 Å². The van der Waals surface area contributed by atoms with Crippen molar-refractivity contribution in [3.8, 4) is 11.4 Å². The van der Waals surface area contributed by atoms with E-state index in [0.717, 1.165) is 11.4 Å². The van der Waals surface area contributed by atoms with Gasteiger partial charge in [0.1, 0.15) is 12.2 Å². The van der Waals surface area contributed by atoms with E-state index in [0.29, 0.717) is 19.0 Å². The Morgan fingerprint density at radius 1 is 1.16 bits per heavy atom. The maximum absolute atomic E-state index is 12.0. The molecule has 25 heavy (non-hydrogen) atoms. The van der Waals surface area contributed by atoms with Crippen LogP contribution in [0.25, 0.3) is 11.4 Å². The van der Waals surface area contributed by atoms with Crippen LogP contribution in [0.4, 0.5) is 0 Å². The minimum absolute atomic E-state index is 0.102. The Hall–Kier alpha value is -2.07. The molecule has 8 nitrogen and oxygen atoms in total. The molecule has 0 aliphatic heterocycles. The van der Waals surface area contributed by atoms with Gasteiger partial charge in [-0.2, -0.15) is 5.10 Å². The Bertz CT molecular complexity index is 653. The zero-order valence-corrected chi connectivity index (χ0v) is 15.8. The van der Waals surface area contributed by atoms with Gasteiger partial charge in [-0.05, 0) is 24.6 Å². The van der Waals surface area contributed by atoms with Crippen molar-refractivity contribution in [3.05, 3.63) is 36.7 Å². The predicted octanol–water partition coefficient (Wildman–Crippen LogP) is 1.33. The van der Waals surface area contributed by atoms with E-state index in [4.69, 9.17) is 13.3 Å². The molecule has 136 valence electrons. The number of amides is 1. The number of nitrogens with one attached hydrogen (secondary N) is 1. The summed E-state index contributed by atoms with van der Waals surface area (Å²) in [6.07, 6.45) is 4.19. The van der Waals surface area contributed by atoms with Crippen LogP contribution in [-0.4, -0.2) is 57.4 Å². The summed E-state index contributed by atoms with van der Waals surface area (Å²) in [7, 11) is 2.16. The third kappa shape index (κ3) is 5.46. The fourth-order valence-electron chi connectivity index (χ4n) is 2.39. The van der Waals surface area contributed by atoms with E-state index in [1.807, 2.05) is 24.3 Å². The second-order valence-electron chi connectivity index (χ2n) is 5.36. The van der Waals surface area contributed by atoms with Gasteiger partial charge in [-0.15, -0.1) is 0 Å². The first-order valence-electron chi connectivity index (χ1n) is 7.99. The average molecular weight is 364 g/mol. The molecule has 0 saturated heterocycles. The highest BCUT2D eigenvalue weighted by molar-refractivity contribution is 6.60. The van der Waals surface area contributed by atoms with Crippen LogP contribution < -0.4 is 5.32 Å². The van der Waals surface area contributed by atoms with E-state index in [9.17, 15) is 4.79 Å². The SMILES string of the molecule is CO[Si](CCCNC(=O)Cn1ccc(-c2ccccn2)n1)(OC)OC. The monoisotopic (exact) mass is 364 g/mol. The molecule has 1 N–H and O–H groups in total. The lowest BCUT2D eigenvalue weighted by molar-refractivity contribution is -0.121. The van der Waals surface area contributed by atoms with Crippen molar-refractivity contribution in [2.24, 2.45) is 0 Å². The van der Waals surface area contributed by atoms with Crippen LogP contribution in [0.5, 0.6) is 0 Å². The number of carbonyl (C=O) groups is 1. The lowest BCUT2D eigenvalue weighted by atomic mass is 10.3. The topological polar surface area (TPSA) is 87.5 Å². The van der Waals surface area contributed by atoms with Crippen LogP contribution in [0.3, 0.4) is 0 Å². The highest BCUT2D eigenvalue weighted by Gasteiger charge is 2.36. The molecule has 1 amide bonds. The summed E-state index contributed by atoms with van der Waals surface area (Å²) in [5.41, 5.74) is 1.52. The van der Waals surface area contributed by atoms with Crippen molar-refractivity contribution in [3.63, 3.8) is 0 Å². The summed E-state index contributed by atoms with van der Waals surface area (Å²) in [6.45, 7) is 0.687. The van der Waals surface area contributed by atoms with Crippen LogP contribution in [-0.2, 0) is 24.6 Å². The molecule has 0 radical (unpaired) electrons. The summed E-state index contributed by atoms with van der Waals surface area (Å²) in [4.78, 5) is 16.3. The molecule has 0 aliphatic rings. The van der Waals surface area contributed by atoms with Crippen LogP contribution >= 0.6 is 0 Å². The predicted molar refractivity (Wildman–Crippen MR) is 94.7 cm³/mol. The fourth-order valence-corrected chi connectivity index (χ4v) is 4.11. The van der Waals surface area contributed by atoms with Crippen molar-refractivity contribution in [1.82, 2.24) is 20.1 Å². The number of pyridine rings is 1. The van der Waals surface area contributed by atoms with Crippen LogP contribution in [0, 0.1) is 0 Å². The lowest BCUT2D eigenvalue weighted by Crippen LogP contribution is -2.43. The molecule has 0 atom stereocenters. The van der Waals surface area contributed by atoms with E-state index in [1.165, 1.54) is 0 Å². The number of rotatable bonds is 10. The fraction of sp³-hybridized carbons (Fsp3) is 0.438. The third-order valence-corrected chi connectivity index (χ3v) is 6.62. The molecule has 0 unspecified atom stereocenters. The van der Waals surface area contributed by atoms with Crippen LogP contribution in [0.1, 0.15) is 6.42 Å². The third-order valence-electron chi connectivity index (χ3n) is 3.79. The van der Waals surface area contributed by atoms with E-state index < -0.39 is 8.80 Å². The number of carbonyl (C=O) groups excluding carboxylic acids is 1. The molecule has 0 aromatic carbocycles. The molecule has 2 aromatic rings. The molecule has 2 heterocycles. The summed E-state index contributed by atoms with van der Waals surface area (Å²) in [6, 6.07) is 8.11. The van der Waals surface area contributed by atoms with Crippen molar-refractivity contribution in [2.45, 2.75) is 19.0 Å². The highest BCUT2D eigenvalue weighted by Crippen LogP contribution is 2.14. The second kappa shape index (κ2) is 9.42. The Morgan fingerprint density at radius 2 is 1.92 bits per heavy atom. The first kappa shape index (κ1) is 19.3. The number of aromatic nitrogens is 3. The smallest absolute Gasteiger partial charge is 0.377 e. The maximum Gasteiger partial charge on any atom is 0.500 e. The molecule has 0 saturated carbocycles. The summed E-state index contributed by atoms with van der Waals surface area (Å²) in [5.74, 6) is -0.102. The largest absolute Gasteiger partial charge is 0.500 e.